The number of hydrogen-bond acceptors (Lipinski definition) is 7. The first-order valence-electron chi connectivity index (χ1n) is 9.95. The van der Waals surface area contributed by atoms with E-state index in [1.807, 2.05) is 16.7 Å². The number of amides is 1. The Balaban J connectivity index is 1.22. The van der Waals surface area contributed by atoms with E-state index in [1.165, 1.54) is 5.56 Å². The molecule has 154 valence electrons. The van der Waals surface area contributed by atoms with Gasteiger partial charge in [-0.25, -0.2) is 4.98 Å². The van der Waals surface area contributed by atoms with E-state index in [1.54, 1.807) is 6.20 Å². The summed E-state index contributed by atoms with van der Waals surface area (Å²) in [6.07, 6.45) is 2.26. The maximum absolute atomic E-state index is 11.5. The number of fused-ring (bicyclic) bond motifs is 2. The summed E-state index contributed by atoms with van der Waals surface area (Å²) in [4.78, 5) is 18.1. The monoisotopic (exact) mass is 406 g/mol. The third-order valence-electron chi connectivity index (χ3n) is 5.48. The average molecular weight is 406 g/mol. The molecule has 0 bridgehead atoms. The van der Waals surface area contributed by atoms with E-state index >= 15 is 0 Å². The Labute approximate surface area is 173 Å². The van der Waals surface area contributed by atoms with Crippen LogP contribution in [0.2, 0.25) is 0 Å². The fourth-order valence-corrected chi connectivity index (χ4v) is 3.88. The van der Waals surface area contributed by atoms with Crippen molar-refractivity contribution in [2.75, 3.05) is 19.7 Å². The van der Waals surface area contributed by atoms with Crippen LogP contribution < -0.4 is 15.2 Å². The molecule has 1 amide bonds. The van der Waals surface area contributed by atoms with Gasteiger partial charge in [0, 0.05) is 38.8 Å². The number of pyridine rings is 1. The van der Waals surface area contributed by atoms with Crippen LogP contribution in [0.5, 0.6) is 11.6 Å². The summed E-state index contributed by atoms with van der Waals surface area (Å²) >= 11 is 0. The summed E-state index contributed by atoms with van der Waals surface area (Å²) in [6, 6.07) is 12.1. The second-order valence-corrected chi connectivity index (χ2v) is 7.45. The SMILES string of the molecule is NC(=O)c1nnc2n1CCN(Cc1ccc(C3COc4cccnc4O3)cc1)CC2. The number of aromatic nitrogens is 4. The highest BCUT2D eigenvalue weighted by atomic mass is 16.6. The molecule has 2 N–H and O–H groups in total. The van der Waals surface area contributed by atoms with Crippen LogP contribution in [0.3, 0.4) is 0 Å². The average Bonchev–Trinajstić information content (AvgIpc) is 3.09. The zero-order valence-electron chi connectivity index (χ0n) is 16.4. The summed E-state index contributed by atoms with van der Waals surface area (Å²) in [5, 5.41) is 8.02. The molecule has 0 fully saturated rings. The molecule has 9 nitrogen and oxygen atoms in total. The first-order valence-corrected chi connectivity index (χ1v) is 9.95. The number of nitrogens with two attached hydrogens (primary N) is 1. The summed E-state index contributed by atoms with van der Waals surface area (Å²) in [5.74, 6) is 1.72. The molecular formula is C21H22N6O3. The van der Waals surface area contributed by atoms with Crippen LogP contribution in [0.4, 0.5) is 0 Å². The van der Waals surface area contributed by atoms with E-state index < -0.39 is 5.91 Å². The lowest BCUT2D eigenvalue weighted by molar-refractivity contribution is 0.0851. The van der Waals surface area contributed by atoms with Crippen molar-refractivity contribution < 1.29 is 14.3 Å². The molecule has 1 aromatic carbocycles. The number of benzene rings is 1. The zero-order valence-corrected chi connectivity index (χ0v) is 16.4. The second-order valence-electron chi connectivity index (χ2n) is 7.45. The molecule has 0 aliphatic carbocycles. The molecule has 9 heteroatoms. The number of hydrogen-bond donors (Lipinski definition) is 1. The van der Waals surface area contributed by atoms with Gasteiger partial charge >= 0.3 is 0 Å². The van der Waals surface area contributed by atoms with Crippen molar-refractivity contribution >= 4 is 5.91 Å². The molecule has 30 heavy (non-hydrogen) atoms. The topological polar surface area (TPSA) is 108 Å². The molecule has 3 aromatic rings. The summed E-state index contributed by atoms with van der Waals surface area (Å²) < 4.78 is 13.6. The minimum Gasteiger partial charge on any atom is -0.484 e. The number of nitrogens with zero attached hydrogens (tertiary/aromatic N) is 5. The summed E-state index contributed by atoms with van der Waals surface area (Å²) in [7, 11) is 0. The lowest BCUT2D eigenvalue weighted by Crippen LogP contribution is -2.27. The largest absolute Gasteiger partial charge is 0.484 e. The van der Waals surface area contributed by atoms with E-state index in [0.717, 1.165) is 37.4 Å². The van der Waals surface area contributed by atoms with E-state index in [0.29, 0.717) is 24.8 Å². The third-order valence-corrected chi connectivity index (χ3v) is 5.48. The smallest absolute Gasteiger partial charge is 0.286 e. The van der Waals surface area contributed by atoms with Crippen molar-refractivity contribution in [2.45, 2.75) is 25.6 Å². The first kappa shape index (κ1) is 18.6. The molecule has 2 aliphatic rings. The Morgan fingerprint density at radius 1 is 1.13 bits per heavy atom. The molecule has 0 saturated heterocycles. The molecule has 2 aromatic heterocycles. The maximum atomic E-state index is 11.5. The molecule has 5 rings (SSSR count). The quantitative estimate of drug-likeness (QED) is 0.696. The van der Waals surface area contributed by atoms with Crippen LogP contribution in [0, 0.1) is 0 Å². The normalized spacial score (nSPS) is 18.5. The Morgan fingerprint density at radius 3 is 2.83 bits per heavy atom. The molecule has 0 spiro atoms. The van der Waals surface area contributed by atoms with Crippen LogP contribution in [-0.4, -0.2) is 50.3 Å². The minimum absolute atomic E-state index is 0.170. The van der Waals surface area contributed by atoms with Crippen LogP contribution in [0.25, 0.3) is 0 Å². The van der Waals surface area contributed by atoms with Gasteiger partial charge in [0.25, 0.3) is 11.8 Å². The van der Waals surface area contributed by atoms with Crippen LogP contribution in [0.15, 0.2) is 42.6 Å². The van der Waals surface area contributed by atoms with Crippen molar-refractivity contribution in [3.8, 4) is 11.6 Å². The predicted octanol–water partition coefficient (Wildman–Crippen LogP) is 1.34. The van der Waals surface area contributed by atoms with Gasteiger partial charge in [0.2, 0.25) is 5.82 Å². The molecule has 1 unspecified atom stereocenters. The van der Waals surface area contributed by atoms with Crippen LogP contribution >= 0.6 is 0 Å². The highest BCUT2D eigenvalue weighted by Crippen LogP contribution is 2.34. The third kappa shape index (κ3) is 3.59. The predicted molar refractivity (Wildman–Crippen MR) is 107 cm³/mol. The van der Waals surface area contributed by atoms with Gasteiger partial charge in [-0.05, 0) is 23.3 Å². The number of primary amides is 1. The molecule has 4 heterocycles. The number of rotatable bonds is 4. The highest BCUT2D eigenvalue weighted by Gasteiger charge is 2.24. The Kier molecular flexibility index (Phi) is 4.80. The van der Waals surface area contributed by atoms with E-state index in [4.69, 9.17) is 15.2 Å². The molecule has 0 radical (unpaired) electrons. The Bertz CT molecular complexity index is 1060. The number of ether oxygens (including phenoxy) is 2. The van der Waals surface area contributed by atoms with E-state index in [-0.39, 0.29) is 11.9 Å². The van der Waals surface area contributed by atoms with Gasteiger partial charge in [0.15, 0.2) is 11.9 Å². The first-order chi connectivity index (χ1) is 14.7. The van der Waals surface area contributed by atoms with Gasteiger partial charge < -0.3 is 19.8 Å². The molecule has 2 aliphatic heterocycles. The Hall–Kier alpha value is -3.46. The second kappa shape index (κ2) is 7.75. The fourth-order valence-electron chi connectivity index (χ4n) is 3.88. The number of carbonyl (C=O) groups is 1. The van der Waals surface area contributed by atoms with Gasteiger partial charge in [-0.15, -0.1) is 10.2 Å². The molecule has 0 saturated carbocycles. The van der Waals surface area contributed by atoms with E-state index in [2.05, 4.69) is 44.3 Å². The molecular weight excluding hydrogens is 384 g/mol. The van der Waals surface area contributed by atoms with Gasteiger partial charge in [0.05, 0.1) is 0 Å². The standard InChI is InChI=1S/C21H22N6O3/c22-19(28)20-25-24-18-7-9-26(10-11-27(18)20)12-14-3-5-15(6-4-14)17-13-29-16-2-1-8-23-21(16)30-17/h1-6,8,17H,7,9-13H2,(H2,22,28). The lowest BCUT2D eigenvalue weighted by atomic mass is 10.1. The van der Waals surface area contributed by atoms with Crippen molar-refractivity contribution in [2.24, 2.45) is 5.73 Å². The minimum atomic E-state index is -0.537. The zero-order chi connectivity index (χ0) is 20.5. The van der Waals surface area contributed by atoms with Crippen molar-refractivity contribution in [3.05, 3.63) is 65.4 Å². The lowest BCUT2D eigenvalue weighted by Gasteiger charge is -2.26. The van der Waals surface area contributed by atoms with Gasteiger partial charge in [-0.2, -0.15) is 0 Å². The van der Waals surface area contributed by atoms with Crippen molar-refractivity contribution in [3.63, 3.8) is 0 Å². The highest BCUT2D eigenvalue weighted by molar-refractivity contribution is 5.89. The van der Waals surface area contributed by atoms with Crippen molar-refractivity contribution in [1.82, 2.24) is 24.6 Å². The van der Waals surface area contributed by atoms with Crippen molar-refractivity contribution in [1.29, 1.82) is 0 Å². The fraction of sp³-hybridized carbons (Fsp3) is 0.333. The van der Waals surface area contributed by atoms with Gasteiger partial charge in [-0.3, -0.25) is 9.69 Å². The maximum Gasteiger partial charge on any atom is 0.286 e. The van der Waals surface area contributed by atoms with E-state index in [9.17, 15) is 4.79 Å². The number of carbonyl (C=O) groups excluding carboxylic acids is 1. The molecule has 1 atom stereocenters. The van der Waals surface area contributed by atoms with Crippen LogP contribution in [-0.2, 0) is 19.5 Å². The van der Waals surface area contributed by atoms with Gasteiger partial charge in [-0.1, -0.05) is 24.3 Å². The van der Waals surface area contributed by atoms with Gasteiger partial charge in [0.1, 0.15) is 12.4 Å². The van der Waals surface area contributed by atoms with Crippen LogP contribution in [0.1, 0.15) is 33.7 Å². The Morgan fingerprint density at radius 2 is 2.00 bits per heavy atom. The summed E-state index contributed by atoms with van der Waals surface area (Å²) in [5.41, 5.74) is 7.66. The summed E-state index contributed by atoms with van der Waals surface area (Å²) in [6.45, 7) is 3.58.